The number of hydrogen-bond acceptors (Lipinski definition) is 5. The second-order valence-corrected chi connectivity index (χ2v) is 4.64. The van der Waals surface area contributed by atoms with E-state index in [2.05, 4.69) is 10.0 Å². The molecule has 1 atom stereocenters. The maximum Gasteiger partial charge on any atom is 0.194 e. The first kappa shape index (κ1) is 15.6. The Hall–Kier alpha value is -2.79. The minimum absolute atomic E-state index is 0.149. The minimum atomic E-state index is -0.689. The third kappa shape index (κ3) is 2.42. The predicted molar refractivity (Wildman–Crippen MR) is 79.5 cm³/mol. The van der Waals surface area contributed by atoms with Crippen molar-refractivity contribution in [1.29, 1.82) is 0 Å². The van der Waals surface area contributed by atoms with E-state index in [1.54, 1.807) is 19.1 Å². The lowest BCUT2D eigenvalue weighted by atomic mass is 9.84. The monoisotopic (exact) mass is 301 g/mol. The van der Waals surface area contributed by atoms with Crippen molar-refractivity contribution in [2.24, 2.45) is 5.11 Å². The van der Waals surface area contributed by atoms with E-state index in [0.717, 1.165) is 0 Å². The second-order valence-electron chi connectivity index (χ2n) is 4.64. The molecule has 0 fully saturated rings. The molecule has 1 aliphatic rings. The third-order valence-corrected chi connectivity index (χ3v) is 3.53. The highest BCUT2D eigenvalue weighted by molar-refractivity contribution is 6.27. The summed E-state index contributed by atoms with van der Waals surface area (Å²) in [6.45, 7) is 1.77. The normalized spacial score (nSPS) is 14.6. The lowest BCUT2D eigenvalue weighted by Crippen LogP contribution is -2.25. The molecule has 0 aliphatic heterocycles. The first-order chi connectivity index (χ1) is 10.6. The summed E-state index contributed by atoms with van der Waals surface area (Å²) in [6.07, 6.45) is 1.63. The lowest BCUT2D eigenvalue weighted by molar-refractivity contribution is 0.0974. The molecule has 0 aromatic heterocycles. The van der Waals surface area contributed by atoms with Crippen molar-refractivity contribution < 1.29 is 19.1 Å². The van der Waals surface area contributed by atoms with Crippen LogP contribution in [0.4, 0.5) is 0 Å². The van der Waals surface area contributed by atoms with E-state index in [4.69, 9.17) is 15.0 Å². The van der Waals surface area contributed by atoms with Crippen LogP contribution in [0.1, 0.15) is 34.1 Å². The molecule has 0 saturated carbocycles. The molecule has 1 unspecified atom stereocenters. The van der Waals surface area contributed by atoms with E-state index in [1.807, 2.05) is 0 Å². The van der Waals surface area contributed by atoms with Crippen molar-refractivity contribution in [3.8, 4) is 11.5 Å². The fraction of sp³-hybridized carbons (Fsp3) is 0.333. The van der Waals surface area contributed by atoms with Gasteiger partial charge >= 0.3 is 0 Å². The highest BCUT2D eigenvalue weighted by Crippen LogP contribution is 2.37. The van der Waals surface area contributed by atoms with E-state index in [1.165, 1.54) is 20.3 Å². The average Bonchev–Trinajstić information content (AvgIpc) is 2.54. The van der Waals surface area contributed by atoms with Crippen LogP contribution in [0.3, 0.4) is 0 Å². The molecule has 7 heteroatoms. The number of allylic oxidation sites excluding steroid dienone is 1. The van der Waals surface area contributed by atoms with Gasteiger partial charge in [0.25, 0.3) is 0 Å². The molecule has 0 bridgehead atoms. The number of ketones is 2. The number of carbonyl (C=O) groups is 2. The van der Waals surface area contributed by atoms with Crippen LogP contribution in [0.25, 0.3) is 10.4 Å². The van der Waals surface area contributed by atoms with Gasteiger partial charge in [0.1, 0.15) is 11.5 Å². The molecule has 0 radical (unpaired) electrons. The van der Waals surface area contributed by atoms with Gasteiger partial charge in [0.05, 0.1) is 31.4 Å². The molecular formula is C15H15N3O4. The topological polar surface area (TPSA) is 101 Å². The lowest BCUT2D eigenvalue weighted by Gasteiger charge is -2.22. The van der Waals surface area contributed by atoms with Gasteiger partial charge in [0, 0.05) is 10.5 Å². The number of rotatable bonds is 5. The number of benzene rings is 1. The summed E-state index contributed by atoms with van der Waals surface area (Å²) < 4.78 is 10.4. The van der Waals surface area contributed by atoms with Crippen LogP contribution in [-0.4, -0.2) is 31.8 Å². The highest BCUT2D eigenvalue weighted by Gasteiger charge is 2.34. The molecule has 0 spiro atoms. The van der Waals surface area contributed by atoms with Crippen LogP contribution in [-0.2, 0) is 0 Å². The zero-order valence-electron chi connectivity index (χ0n) is 12.5. The van der Waals surface area contributed by atoms with Crippen LogP contribution < -0.4 is 9.47 Å². The quantitative estimate of drug-likeness (QED) is 0.473. The number of ether oxygens (including phenoxy) is 2. The van der Waals surface area contributed by atoms with Crippen molar-refractivity contribution in [2.75, 3.05) is 14.2 Å². The Bertz CT molecular complexity index is 718. The maximum atomic E-state index is 12.7. The van der Waals surface area contributed by atoms with Gasteiger partial charge in [-0.2, -0.15) is 0 Å². The fourth-order valence-electron chi connectivity index (χ4n) is 2.47. The van der Waals surface area contributed by atoms with Crippen molar-refractivity contribution in [2.45, 2.75) is 19.4 Å². The Labute approximate surface area is 127 Å². The molecule has 22 heavy (non-hydrogen) atoms. The van der Waals surface area contributed by atoms with E-state index in [-0.39, 0.29) is 34.0 Å². The Morgan fingerprint density at radius 3 is 2.27 bits per heavy atom. The van der Waals surface area contributed by atoms with Crippen molar-refractivity contribution in [1.82, 2.24) is 0 Å². The first-order valence-electron chi connectivity index (χ1n) is 6.68. The molecule has 114 valence electrons. The smallest absolute Gasteiger partial charge is 0.194 e. The summed E-state index contributed by atoms with van der Waals surface area (Å²) in [5.41, 5.74) is 9.11. The van der Waals surface area contributed by atoms with E-state index in [0.29, 0.717) is 12.2 Å². The molecule has 0 amide bonds. The predicted octanol–water partition coefficient (Wildman–Crippen LogP) is 3.10. The van der Waals surface area contributed by atoms with Crippen LogP contribution in [0, 0.1) is 0 Å². The molecule has 7 nitrogen and oxygen atoms in total. The SMILES string of the molecule is CCC(N=[N+]=[N-])C1=CC(=O)c2c(OC)ccc(OC)c2C1=O. The molecule has 2 rings (SSSR count). The van der Waals surface area contributed by atoms with Crippen molar-refractivity contribution in [3.63, 3.8) is 0 Å². The van der Waals surface area contributed by atoms with Gasteiger partial charge in [-0.1, -0.05) is 12.0 Å². The molecule has 1 aromatic carbocycles. The van der Waals surface area contributed by atoms with Gasteiger partial charge in [0.15, 0.2) is 11.6 Å². The number of carbonyl (C=O) groups excluding carboxylic acids is 2. The summed E-state index contributed by atoms with van der Waals surface area (Å²) in [5.74, 6) is -0.159. The minimum Gasteiger partial charge on any atom is -0.496 e. The number of Topliss-reactive ketones (excluding diaryl/α,β-unsaturated/α-hetero) is 1. The number of fused-ring (bicyclic) bond motifs is 1. The first-order valence-corrected chi connectivity index (χ1v) is 6.68. The van der Waals surface area contributed by atoms with Crippen LogP contribution in [0.15, 0.2) is 28.9 Å². The maximum absolute atomic E-state index is 12.7. The summed E-state index contributed by atoms with van der Waals surface area (Å²) >= 11 is 0. The summed E-state index contributed by atoms with van der Waals surface area (Å²) in [7, 11) is 2.84. The Kier molecular flexibility index (Phi) is 4.48. The van der Waals surface area contributed by atoms with Gasteiger partial charge in [-0.3, -0.25) is 9.59 Å². The van der Waals surface area contributed by atoms with Gasteiger partial charge in [-0.05, 0) is 30.2 Å². The number of methoxy groups -OCH3 is 2. The van der Waals surface area contributed by atoms with E-state index >= 15 is 0 Å². The van der Waals surface area contributed by atoms with Gasteiger partial charge in [0.2, 0.25) is 0 Å². The Morgan fingerprint density at radius 2 is 1.77 bits per heavy atom. The van der Waals surface area contributed by atoms with Crippen molar-refractivity contribution >= 4 is 11.6 Å². The summed E-state index contributed by atoms with van der Waals surface area (Å²) in [5, 5.41) is 3.59. The summed E-state index contributed by atoms with van der Waals surface area (Å²) in [4.78, 5) is 27.9. The average molecular weight is 301 g/mol. The van der Waals surface area contributed by atoms with Crippen molar-refractivity contribution in [3.05, 3.63) is 45.4 Å². The number of hydrogen-bond donors (Lipinski definition) is 0. The Balaban J connectivity index is 2.68. The van der Waals surface area contributed by atoms with Gasteiger partial charge in [-0.15, -0.1) is 0 Å². The molecule has 0 N–H and O–H groups in total. The molecule has 0 saturated heterocycles. The number of azide groups is 1. The molecule has 1 aliphatic carbocycles. The van der Waals surface area contributed by atoms with Crippen LogP contribution >= 0.6 is 0 Å². The zero-order chi connectivity index (χ0) is 16.3. The fourth-order valence-corrected chi connectivity index (χ4v) is 2.47. The molecular weight excluding hydrogens is 286 g/mol. The summed E-state index contributed by atoms with van der Waals surface area (Å²) in [6, 6.07) is 2.46. The van der Waals surface area contributed by atoms with Crippen LogP contribution in [0.5, 0.6) is 11.5 Å². The third-order valence-electron chi connectivity index (χ3n) is 3.53. The van der Waals surface area contributed by atoms with Gasteiger partial charge < -0.3 is 9.47 Å². The standard InChI is InChI=1S/C15H15N3O4/c1-4-9(17-18-16)8-7-10(19)13-11(21-2)5-6-12(22-3)14(13)15(8)20/h5-7,9H,4H2,1-3H3. The molecule has 0 heterocycles. The Morgan fingerprint density at radius 1 is 1.18 bits per heavy atom. The van der Waals surface area contributed by atoms with Crippen LogP contribution in [0.2, 0.25) is 0 Å². The highest BCUT2D eigenvalue weighted by atomic mass is 16.5. The zero-order valence-corrected chi connectivity index (χ0v) is 12.5. The molecule has 1 aromatic rings. The van der Waals surface area contributed by atoms with E-state index in [9.17, 15) is 9.59 Å². The largest absolute Gasteiger partial charge is 0.496 e. The van der Waals surface area contributed by atoms with Gasteiger partial charge in [-0.25, -0.2) is 0 Å². The van der Waals surface area contributed by atoms with E-state index < -0.39 is 6.04 Å². The number of nitrogens with zero attached hydrogens (tertiary/aromatic N) is 3. The second kappa shape index (κ2) is 6.32.